The molecule has 0 fully saturated rings. The molecule has 3 rings (SSSR count). The van der Waals surface area contributed by atoms with Gasteiger partial charge < -0.3 is 9.47 Å². The number of ether oxygens (including phenoxy) is 2. The lowest BCUT2D eigenvalue weighted by Crippen LogP contribution is -1.93. The summed E-state index contributed by atoms with van der Waals surface area (Å²) in [7, 11) is 0. The van der Waals surface area contributed by atoms with Crippen LogP contribution in [0.1, 0.15) is 11.1 Å². The van der Waals surface area contributed by atoms with Crippen LogP contribution in [0.5, 0.6) is 11.5 Å². The van der Waals surface area contributed by atoms with E-state index in [-0.39, 0.29) is 34.9 Å². The lowest BCUT2D eigenvalue weighted by atomic mass is 10.0. The number of fused-ring (bicyclic) bond motifs is 1. The van der Waals surface area contributed by atoms with Crippen molar-refractivity contribution in [1.82, 2.24) is 0 Å². The summed E-state index contributed by atoms with van der Waals surface area (Å²) in [6.45, 7) is -0.0297. The smallest absolute Gasteiger partial charge is 0.280 e. The molecule has 1 aliphatic heterocycles. The third-order valence-electron chi connectivity index (χ3n) is 3.30. The van der Waals surface area contributed by atoms with E-state index in [2.05, 4.69) is 0 Å². The largest absolute Gasteiger partial charge is 0.454 e. The lowest BCUT2D eigenvalue weighted by Gasteiger charge is -2.04. The summed E-state index contributed by atoms with van der Waals surface area (Å²) >= 11 is 0. The van der Waals surface area contributed by atoms with Crippen LogP contribution in [0.2, 0.25) is 0 Å². The summed E-state index contributed by atoms with van der Waals surface area (Å²) in [4.78, 5) is 10.6. The van der Waals surface area contributed by atoms with E-state index in [0.29, 0.717) is 5.75 Å². The number of nitro groups is 1. The number of nitriles is 1. The van der Waals surface area contributed by atoms with Crippen molar-refractivity contribution in [2.45, 2.75) is 0 Å². The first kappa shape index (κ1) is 14.5. The van der Waals surface area contributed by atoms with Crippen LogP contribution < -0.4 is 9.47 Å². The molecule has 23 heavy (non-hydrogen) atoms. The third-order valence-corrected chi connectivity index (χ3v) is 3.30. The van der Waals surface area contributed by atoms with Gasteiger partial charge in [-0.25, -0.2) is 4.39 Å². The van der Waals surface area contributed by atoms with Crippen LogP contribution >= 0.6 is 0 Å². The molecule has 0 saturated carbocycles. The number of allylic oxidation sites excluding steroid dienone is 1. The van der Waals surface area contributed by atoms with Crippen LogP contribution in [0.15, 0.2) is 36.4 Å². The molecule has 0 unspecified atom stereocenters. The van der Waals surface area contributed by atoms with Gasteiger partial charge in [-0.1, -0.05) is 18.2 Å². The maximum Gasteiger partial charge on any atom is 0.280 e. The molecule has 2 aromatic carbocycles. The molecule has 7 heteroatoms. The fourth-order valence-electron chi connectivity index (χ4n) is 2.23. The molecule has 1 aliphatic rings. The summed E-state index contributed by atoms with van der Waals surface area (Å²) in [5.74, 6) is 0.0228. The number of hydrogen-bond acceptors (Lipinski definition) is 5. The van der Waals surface area contributed by atoms with Gasteiger partial charge in [-0.15, -0.1) is 0 Å². The summed E-state index contributed by atoms with van der Waals surface area (Å²) in [6.07, 6.45) is 1.26. The number of nitro benzene ring substituents is 1. The first-order chi connectivity index (χ1) is 11.1. The molecule has 0 aromatic heterocycles. The fourth-order valence-corrected chi connectivity index (χ4v) is 2.23. The molecule has 2 aromatic rings. The molecule has 0 amide bonds. The van der Waals surface area contributed by atoms with Crippen molar-refractivity contribution in [3.05, 3.63) is 63.5 Å². The van der Waals surface area contributed by atoms with E-state index >= 15 is 0 Å². The number of rotatable bonds is 3. The quantitative estimate of drug-likeness (QED) is 0.374. The molecule has 0 aliphatic carbocycles. The van der Waals surface area contributed by atoms with Crippen molar-refractivity contribution >= 4 is 17.3 Å². The molecule has 114 valence electrons. The zero-order chi connectivity index (χ0) is 16.4. The standard InChI is InChI=1S/C16H9FN2O4/c17-13-4-2-1-3-12(13)11(8-18)5-10-6-15-16(23-9-22-15)7-14(10)19(20)21/h1-7H,9H2/b11-5+. The summed E-state index contributed by atoms with van der Waals surface area (Å²) in [5, 5.41) is 20.5. The monoisotopic (exact) mass is 312 g/mol. The van der Waals surface area contributed by atoms with Gasteiger partial charge in [0.2, 0.25) is 6.79 Å². The van der Waals surface area contributed by atoms with Gasteiger partial charge in [-0.2, -0.15) is 5.26 Å². The first-order valence-electron chi connectivity index (χ1n) is 6.55. The van der Waals surface area contributed by atoms with E-state index in [4.69, 9.17) is 9.47 Å². The molecule has 0 spiro atoms. The Morgan fingerprint density at radius 1 is 1.30 bits per heavy atom. The average Bonchev–Trinajstić information content (AvgIpc) is 2.99. The topological polar surface area (TPSA) is 85.4 Å². The van der Waals surface area contributed by atoms with Gasteiger partial charge >= 0.3 is 0 Å². The first-order valence-corrected chi connectivity index (χ1v) is 6.55. The summed E-state index contributed by atoms with van der Waals surface area (Å²) in [5.41, 5.74) is -0.0653. The SMILES string of the molecule is N#C/C(=C\c1cc2c(cc1[N+](=O)[O-])OCO2)c1ccccc1F. The van der Waals surface area contributed by atoms with Gasteiger partial charge in [0.1, 0.15) is 5.82 Å². The van der Waals surface area contributed by atoms with Crippen molar-refractivity contribution in [1.29, 1.82) is 5.26 Å². The molecule has 0 saturated heterocycles. The van der Waals surface area contributed by atoms with Gasteiger partial charge in [-0.3, -0.25) is 10.1 Å². The van der Waals surface area contributed by atoms with E-state index in [9.17, 15) is 19.8 Å². The molecule has 0 atom stereocenters. The van der Waals surface area contributed by atoms with Crippen molar-refractivity contribution in [2.75, 3.05) is 6.79 Å². The van der Waals surface area contributed by atoms with E-state index in [1.807, 2.05) is 6.07 Å². The van der Waals surface area contributed by atoms with Gasteiger partial charge in [0, 0.05) is 5.56 Å². The Balaban J connectivity index is 2.16. The normalized spacial score (nSPS) is 12.8. The molecule has 6 nitrogen and oxygen atoms in total. The molecule has 0 N–H and O–H groups in total. The number of nitrogens with zero attached hydrogens (tertiary/aromatic N) is 2. The predicted octanol–water partition coefficient (Wildman–Crippen LogP) is 3.53. The lowest BCUT2D eigenvalue weighted by molar-refractivity contribution is -0.385. The van der Waals surface area contributed by atoms with Gasteiger partial charge in [0.05, 0.1) is 28.2 Å². The average molecular weight is 312 g/mol. The Hall–Kier alpha value is -3.40. The minimum Gasteiger partial charge on any atom is -0.454 e. The summed E-state index contributed by atoms with van der Waals surface area (Å²) < 4.78 is 24.1. The van der Waals surface area contributed by atoms with Gasteiger partial charge in [0.15, 0.2) is 11.5 Å². The Labute approximate surface area is 130 Å². The van der Waals surface area contributed by atoms with Crippen LogP contribution in [-0.4, -0.2) is 11.7 Å². The Kier molecular flexibility index (Phi) is 3.65. The number of hydrogen-bond donors (Lipinski definition) is 0. The summed E-state index contributed by atoms with van der Waals surface area (Å²) in [6, 6.07) is 10.2. The molecular weight excluding hydrogens is 303 g/mol. The fraction of sp³-hybridized carbons (Fsp3) is 0.0625. The van der Waals surface area contributed by atoms with Crippen molar-refractivity contribution in [3.63, 3.8) is 0 Å². The van der Waals surface area contributed by atoms with Crippen LogP contribution in [0.25, 0.3) is 11.6 Å². The number of benzene rings is 2. The van der Waals surface area contributed by atoms with Crippen LogP contribution in [-0.2, 0) is 0 Å². The molecule has 0 bridgehead atoms. The Bertz CT molecular complexity index is 871. The van der Waals surface area contributed by atoms with E-state index in [1.54, 1.807) is 6.07 Å². The zero-order valence-corrected chi connectivity index (χ0v) is 11.7. The number of halogens is 1. The Morgan fingerprint density at radius 3 is 2.65 bits per heavy atom. The van der Waals surface area contributed by atoms with Crippen LogP contribution in [0.3, 0.4) is 0 Å². The second kappa shape index (κ2) is 5.77. The maximum atomic E-state index is 13.8. The molecule has 0 radical (unpaired) electrons. The molecule has 1 heterocycles. The highest BCUT2D eigenvalue weighted by Gasteiger charge is 2.23. The minimum absolute atomic E-state index is 0.0231. The van der Waals surface area contributed by atoms with Gasteiger partial charge in [0.25, 0.3) is 5.69 Å². The minimum atomic E-state index is -0.593. The highest BCUT2D eigenvalue weighted by atomic mass is 19.1. The van der Waals surface area contributed by atoms with Crippen molar-refractivity contribution in [2.24, 2.45) is 0 Å². The van der Waals surface area contributed by atoms with E-state index < -0.39 is 10.7 Å². The highest BCUT2D eigenvalue weighted by molar-refractivity contribution is 5.91. The van der Waals surface area contributed by atoms with Crippen LogP contribution in [0, 0.1) is 27.3 Å². The van der Waals surface area contributed by atoms with Crippen LogP contribution in [0.4, 0.5) is 10.1 Å². The Morgan fingerprint density at radius 2 is 2.00 bits per heavy atom. The second-order valence-corrected chi connectivity index (χ2v) is 4.67. The second-order valence-electron chi connectivity index (χ2n) is 4.67. The van der Waals surface area contributed by atoms with Crippen molar-refractivity contribution in [3.8, 4) is 17.6 Å². The third kappa shape index (κ3) is 2.70. The van der Waals surface area contributed by atoms with E-state index in [0.717, 1.165) is 0 Å². The highest BCUT2D eigenvalue weighted by Crippen LogP contribution is 2.39. The van der Waals surface area contributed by atoms with Crippen molar-refractivity contribution < 1.29 is 18.8 Å². The zero-order valence-electron chi connectivity index (χ0n) is 11.7. The van der Waals surface area contributed by atoms with Gasteiger partial charge in [-0.05, 0) is 18.2 Å². The predicted molar refractivity (Wildman–Crippen MR) is 79.1 cm³/mol. The maximum absolute atomic E-state index is 13.8. The van der Waals surface area contributed by atoms with E-state index in [1.165, 1.54) is 36.4 Å². The molecular formula is C16H9FN2O4.